The molecule has 3 heteroatoms. The maximum absolute atomic E-state index is 7.88. The van der Waals surface area contributed by atoms with Gasteiger partial charge in [0.15, 0.2) is 0 Å². The lowest BCUT2D eigenvalue weighted by Crippen LogP contribution is -2.29. The monoisotopic (exact) mass is 184 g/mol. The maximum atomic E-state index is 7.88. The van der Waals surface area contributed by atoms with Gasteiger partial charge in [-0.1, -0.05) is 0 Å². The minimum absolute atomic E-state index is 0.630. The van der Waals surface area contributed by atoms with Gasteiger partial charge in [-0.15, -0.1) is 0 Å². The lowest BCUT2D eigenvalue weighted by Gasteiger charge is -2.18. The number of hydrogen-bond donors (Lipinski definition) is 1. The van der Waals surface area contributed by atoms with Crippen molar-refractivity contribution in [3.8, 4) is 0 Å². The third kappa shape index (κ3) is 1.60. The van der Waals surface area contributed by atoms with E-state index in [0.29, 0.717) is 5.92 Å². The van der Waals surface area contributed by atoms with E-state index in [0.717, 1.165) is 24.2 Å². The number of likely N-dealkylation sites (tertiary alicyclic amines) is 1. The molecule has 0 amide bonds. The Morgan fingerprint density at radius 3 is 2.67 bits per heavy atom. The van der Waals surface area contributed by atoms with Gasteiger partial charge in [0, 0.05) is 24.3 Å². The molecule has 2 aliphatic rings. The standard InChI is InChI=1S/C9H16N2S/c1-12-8-4-5-11(6-8)9(10)7-2-3-7/h7-8,10H,2-6H2,1H3. The van der Waals surface area contributed by atoms with Crippen molar-refractivity contribution >= 4 is 17.6 Å². The fourth-order valence-electron chi connectivity index (χ4n) is 1.75. The zero-order valence-electron chi connectivity index (χ0n) is 7.55. The van der Waals surface area contributed by atoms with Gasteiger partial charge < -0.3 is 4.90 Å². The number of hydrogen-bond acceptors (Lipinski definition) is 2. The molecule has 2 rings (SSSR count). The van der Waals surface area contributed by atoms with Crippen LogP contribution in [0.15, 0.2) is 0 Å². The van der Waals surface area contributed by atoms with E-state index >= 15 is 0 Å². The molecule has 0 radical (unpaired) electrons. The number of nitrogens with one attached hydrogen (secondary N) is 1. The molecule has 1 saturated heterocycles. The molecule has 2 nitrogen and oxygen atoms in total. The number of thioether (sulfide) groups is 1. The molecule has 1 heterocycles. The van der Waals surface area contributed by atoms with E-state index < -0.39 is 0 Å². The normalized spacial score (nSPS) is 29.4. The van der Waals surface area contributed by atoms with Crippen LogP contribution >= 0.6 is 11.8 Å². The Morgan fingerprint density at radius 1 is 1.42 bits per heavy atom. The van der Waals surface area contributed by atoms with Crippen LogP contribution in [0.3, 0.4) is 0 Å². The lowest BCUT2D eigenvalue weighted by molar-refractivity contribution is 0.500. The topological polar surface area (TPSA) is 27.1 Å². The van der Waals surface area contributed by atoms with Crippen molar-refractivity contribution in [3.63, 3.8) is 0 Å². The molecule has 1 N–H and O–H groups in total. The van der Waals surface area contributed by atoms with Crippen molar-refractivity contribution in [1.82, 2.24) is 4.90 Å². The van der Waals surface area contributed by atoms with Crippen LogP contribution in [0, 0.1) is 11.3 Å². The highest BCUT2D eigenvalue weighted by Gasteiger charge is 2.33. The van der Waals surface area contributed by atoms with Crippen LogP contribution in [0.25, 0.3) is 0 Å². The molecule has 12 heavy (non-hydrogen) atoms. The lowest BCUT2D eigenvalue weighted by atomic mass is 10.3. The Balaban J connectivity index is 1.85. The second-order valence-electron chi connectivity index (χ2n) is 3.75. The first-order chi connectivity index (χ1) is 5.81. The average molecular weight is 184 g/mol. The van der Waals surface area contributed by atoms with E-state index in [2.05, 4.69) is 11.2 Å². The summed E-state index contributed by atoms with van der Waals surface area (Å²) in [6, 6.07) is 0. The van der Waals surface area contributed by atoms with Crippen molar-refractivity contribution in [2.45, 2.75) is 24.5 Å². The summed E-state index contributed by atoms with van der Waals surface area (Å²) in [5.74, 6) is 1.55. The van der Waals surface area contributed by atoms with E-state index in [1.807, 2.05) is 11.8 Å². The van der Waals surface area contributed by atoms with Gasteiger partial charge in [-0.2, -0.15) is 11.8 Å². The molecule has 0 aromatic carbocycles. The van der Waals surface area contributed by atoms with Crippen molar-refractivity contribution in [3.05, 3.63) is 0 Å². The summed E-state index contributed by atoms with van der Waals surface area (Å²) in [7, 11) is 0. The first kappa shape index (κ1) is 8.42. The Kier molecular flexibility index (Phi) is 2.31. The zero-order valence-corrected chi connectivity index (χ0v) is 8.36. The molecule has 68 valence electrons. The molecule has 0 bridgehead atoms. The highest BCUT2D eigenvalue weighted by molar-refractivity contribution is 7.99. The van der Waals surface area contributed by atoms with Crippen LogP contribution in [-0.2, 0) is 0 Å². The van der Waals surface area contributed by atoms with Crippen molar-refractivity contribution in [2.75, 3.05) is 19.3 Å². The molecule has 1 saturated carbocycles. The van der Waals surface area contributed by atoms with Crippen molar-refractivity contribution in [2.24, 2.45) is 5.92 Å². The van der Waals surface area contributed by atoms with Gasteiger partial charge in [0.1, 0.15) is 0 Å². The predicted octanol–water partition coefficient (Wildman–Crippen LogP) is 1.81. The SMILES string of the molecule is CSC1CCN(C(=N)C2CC2)C1. The molecular weight excluding hydrogens is 168 g/mol. The van der Waals surface area contributed by atoms with Crippen LogP contribution in [0.1, 0.15) is 19.3 Å². The van der Waals surface area contributed by atoms with E-state index in [4.69, 9.17) is 5.41 Å². The minimum atomic E-state index is 0.630. The number of rotatable bonds is 2. The summed E-state index contributed by atoms with van der Waals surface area (Å²) in [6.07, 6.45) is 5.98. The molecule has 0 aromatic heterocycles. The summed E-state index contributed by atoms with van der Waals surface area (Å²) >= 11 is 1.95. The van der Waals surface area contributed by atoms with Crippen molar-refractivity contribution < 1.29 is 0 Å². The predicted molar refractivity (Wildman–Crippen MR) is 53.9 cm³/mol. The molecule has 1 unspecified atom stereocenters. The fourth-order valence-corrected chi connectivity index (χ4v) is 2.42. The molecule has 0 spiro atoms. The largest absolute Gasteiger partial charge is 0.359 e. The van der Waals surface area contributed by atoms with Crippen LogP contribution < -0.4 is 0 Å². The minimum Gasteiger partial charge on any atom is -0.359 e. The highest BCUT2D eigenvalue weighted by Crippen LogP contribution is 2.33. The van der Waals surface area contributed by atoms with Crippen LogP contribution in [-0.4, -0.2) is 35.3 Å². The van der Waals surface area contributed by atoms with E-state index in [1.54, 1.807) is 0 Å². The second-order valence-corrected chi connectivity index (χ2v) is 4.89. The maximum Gasteiger partial charge on any atom is 0.0989 e. The molecular formula is C9H16N2S. The smallest absolute Gasteiger partial charge is 0.0989 e. The van der Waals surface area contributed by atoms with Gasteiger partial charge in [-0.3, -0.25) is 5.41 Å². The van der Waals surface area contributed by atoms with Crippen molar-refractivity contribution in [1.29, 1.82) is 5.41 Å². The second kappa shape index (κ2) is 3.29. The van der Waals surface area contributed by atoms with Gasteiger partial charge in [0.25, 0.3) is 0 Å². The molecule has 1 aliphatic carbocycles. The summed E-state index contributed by atoms with van der Waals surface area (Å²) in [6.45, 7) is 2.25. The third-order valence-electron chi connectivity index (χ3n) is 2.78. The molecule has 1 atom stereocenters. The number of nitrogens with zero attached hydrogens (tertiary/aromatic N) is 1. The first-order valence-electron chi connectivity index (χ1n) is 4.67. The Hall–Kier alpha value is -0.180. The van der Waals surface area contributed by atoms with E-state index in [1.165, 1.54) is 19.3 Å². The molecule has 1 aliphatic heterocycles. The quantitative estimate of drug-likeness (QED) is 0.523. The van der Waals surface area contributed by atoms with Gasteiger partial charge in [-0.25, -0.2) is 0 Å². The first-order valence-corrected chi connectivity index (χ1v) is 5.96. The van der Waals surface area contributed by atoms with E-state index in [-0.39, 0.29) is 0 Å². The van der Waals surface area contributed by atoms with Crippen LogP contribution in [0.4, 0.5) is 0 Å². The summed E-state index contributed by atoms with van der Waals surface area (Å²) in [5, 5.41) is 8.67. The van der Waals surface area contributed by atoms with Gasteiger partial charge >= 0.3 is 0 Å². The average Bonchev–Trinajstić information content (AvgIpc) is 2.82. The van der Waals surface area contributed by atoms with E-state index in [9.17, 15) is 0 Å². The summed E-state index contributed by atoms with van der Waals surface area (Å²) < 4.78 is 0. The third-order valence-corrected chi connectivity index (χ3v) is 3.83. The Labute approximate surface area is 78.2 Å². The summed E-state index contributed by atoms with van der Waals surface area (Å²) in [5.41, 5.74) is 0. The summed E-state index contributed by atoms with van der Waals surface area (Å²) in [4.78, 5) is 2.28. The highest BCUT2D eigenvalue weighted by atomic mass is 32.2. The molecule has 2 fully saturated rings. The van der Waals surface area contributed by atoms with Crippen LogP contribution in [0.5, 0.6) is 0 Å². The molecule has 0 aromatic rings. The van der Waals surface area contributed by atoms with Gasteiger partial charge in [0.2, 0.25) is 0 Å². The Bertz CT molecular complexity index is 189. The zero-order chi connectivity index (χ0) is 8.55. The van der Waals surface area contributed by atoms with Gasteiger partial charge in [0.05, 0.1) is 5.84 Å². The number of amidine groups is 1. The fraction of sp³-hybridized carbons (Fsp3) is 0.889. The Morgan fingerprint density at radius 2 is 2.17 bits per heavy atom. The van der Waals surface area contributed by atoms with Gasteiger partial charge in [-0.05, 0) is 25.5 Å². The van der Waals surface area contributed by atoms with Crippen LogP contribution in [0.2, 0.25) is 0 Å².